The van der Waals surface area contributed by atoms with E-state index in [-0.39, 0.29) is 0 Å². The molecule has 1 N–H and O–H groups in total. The molecule has 0 radical (unpaired) electrons. The second kappa shape index (κ2) is 1.87. The van der Waals surface area contributed by atoms with Crippen molar-refractivity contribution < 1.29 is 0 Å². The van der Waals surface area contributed by atoms with Gasteiger partial charge in [0, 0.05) is 0 Å². The molecule has 0 unspecified atom stereocenters. The zero-order valence-electron chi connectivity index (χ0n) is 5.35. The van der Waals surface area contributed by atoms with Crippen LogP contribution >= 0.6 is 0 Å². The summed E-state index contributed by atoms with van der Waals surface area (Å²) in [6, 6.07) is 0. The quantitative estimate of drug-likeness (QED) is 0.510. The summed E-state index contributed by atoms with van der Waals surface area (Å²) in [4.78, 5) is 4.29. The molecule has 9 heavy (non-hydrogen) atoms. The van der Waals surface area contributed by atoms with Gasteiger partial charge in [0.2, 0.25) is 0 Å². The topological polar surface area (TPSA) is 24.4 Å². The van der Waals surface area contributed by atoms with Crippen LogP contribution in [0.15, 0.2) is 16.8 Å². The first kappa shape index (κ1) is 5.03. The summed E-state index contributed by atoms with van der Waals surface area (Å²) in [5.74, 6) is 0. The maximum Gasteiger partial charge on any atom is 0.108 e. The minimum absolute atomic E-state index is 0.807. The van der Waals surface area contributed by atoms with Crippen LogP contribution in [0.25, 0.3) is 0 Å². The highest BCUT2D eigenvalue weighted by Gasteiger charge is 2.14. The van der Waals surface area contributed by atoms with E-state index in [1.807, 2.05) is 0 Å². The predicted molar refractivity (Wildman–Crippen MR) is 37.4 cm³/mol. The number of nitrogens with zero attached hydrogens (tertiary/aromatic N) is 1. The van der Waals surface area contributed by atoms with Crippen molar-refractivity contribution in [1.82, 2.24) is 5.32 Å². The third kappa shape index (κ3) is 0.745. The monoisotopic (exact) mass is 122 g/mol. The Hall–Kier alpha value is -0.790. The van der Waals surface area contributed by atoms with Crippen LogP contribution in [0.3, 0.4) is 0 Å². The number of nitrogens with one attached hydrogen (secondary N) is 1. The van der Waals surface area contributed by atoms with Crippen molar-refractivity contribution in [3.05, 3.63) is 11.8 Å². The van der Waals surface area contributed by atoms with Crippen LogP contribution in [0.5, 0.6) is 0 Å². The van der Waals surface area contributed by atoms with Gasteiger partial charge in [-0.15, -0.1) is 0 Å². The second-order valence-corrected chi connectivity index (χ2v) is 2.45. The van der Waals surface area contributed by atoms with Crippen molar-refractivity contribution >= 4 is 5.71 Å². The highest BCUT2D eigenvalue weighted by atomic mass is 15.1. The van der Waals surface area contributed by atoms with Crippen LogP contribution < -0.4 is 5.32 Å². The molecular formula is C7H10N2. The lowest BCUT2D eigenvalue weighted by atomic mass is 10.0. The molecule has 0 atom stereocenters. The third-order valence-electron chi connectivity index (χ3n) is 1.82. The van der Waals surface area contributed by atoms with Gasteiger partial charge in [-0.1, -0.05) is 6.08 Å². The van der Waals surface area contributed by atoms with E-state index in [4.69, 9.17) is 0 Å². The molecule has 2 rings (SSSR count). The van der Waals surface area contributed by atoms with Gasteiger partial charge in [-0.2, -0.15) is 0 Å². The van der Waals surface area contributed by atoms with Crippen LogP contribution in [-0.2, 0) is 0 Å². The molecule has 48 valence electrons. The molecule has 0 aromatic rings. The van der Waals surface area contributed by atoms with Gasteiger partial charge in [-0.05, 0) is 19.3 Å². The molecule has 2 nitrogen and oxygen atoms in total. The van der Waals surface area contributed by atoms with Gasteiger partial charge in [0.05, 0.1) is 11.4 Å². The summed E-state index contributed by atoms with van der Waals surface area (Å²) in [6.45, 7) is 0.807. The highest BCUT2D eigenvalue weighted by Crippen LogP contribution is 2.15. The summed E-state index contributed by atoms with van der Waals surface area (Å²) in [7, 11) is 0. The van der Waals surface area contributed by atoms with Crippen LogP contribution in [0.2, 0.25) is 0 Å². The highest BCUT2D eigenvalue weighted by molar-refractivity contribution is 6.01. The molecule has 2 aliphatic rings. The molecule has 0 spiro atoms. The molecule has 1 aliphatic carbocycles. The van der Waals surface area contributed by atoms with Gasteiger partial charge < -0.3 is 5.32 Å². The fourth-order valence-electron chi connectivity index (χ4n) is 1.33. The summed E-state index contributed by atoms with van der Waals surface area (Å²) in [5, 5.41) is 3.22. The predicted octanol–water partition coefficient (Wildman–Crippen LogP) is 1.06. The first-order chi connectivity index (χ1) is 4.47. The van der Waals surface area contributed by atoms with Crippen molar-refractivity contribution in [1.29, 1.82) is 0 Å². The molecule has 0 aromatic carbocycles. The number of allylic oxidation sites excluding steroid dienone is 2. The number of rotatable bonds is 0. The summed E-state index contributed by atoms with van der Waals surface area (Å²) < 4.78 is 0. The third-order valence-corrected chi connectivity index (χ3v) is 1.82. The van der Waals surface area contributed by atoms with E-state index in [1.54, 1.807) is 0 Å². The molecule has 2 heteroatoms. The molecule has 0 amide bonds. The zero-order valence-corrected chi connectivity index (χ0v) is 5.35. The van der Waals surface area contributed by atoms with E-state index in [1.165, 1.54) is 30.7 Å². The van der Waals surface area contributed by atoms with Crippen LogP contribution in [0.1, 0.15) is 19.3 Å². The average molecular weight is 122 g/mol. The van der Waals surface area contributed by atoms with E-state index >= 15 is 0 Å². The number of hydrogen-bond donors (Lipinski definition) is 1. The Kier molecular flexibility index (Phi) is 1.04. The Labute approximate surface area is 54.7 Å². The van der Waals surface area contributed by atoms with E-state index in [0.29, 0.717) is 0 Å². The van der Waals surface area contributed by atoms with Gasteiger partial charge in [-0.25, -0.2) is 0 Å². The molecule has 0 bridgehead atoms. The van der Waals surface area contributed by atoms with Gasteiger partial charge in [0.1, 0.15) is 6.67 Å². The van der Waals surface area contributed by atoms with E-state index in [2.05, 4.69) is 16.4 Å². The number of hydrogen-bond acceptors (Lipinski definition) is 2. The van der Waals surface area contributed by atoms with E-state index in [9.17, 15) is 0 Å². The van der Waals surface area contributed by atoms with Crippen molar-refractivity contribution in [2.75, 3.05) is 6.67 Å². The Morgan fingerprint density at radius 2 is 2.56 bits per heavy atom. The van der Waals surface area contributed by atoms with Crippen molar-refractivity contribution in [3.63, 3.8) is 0 Å². The Bertz CT molecular complexity index is 179. The largest absolute Gasteiger partial charge is 0.365 e. The first-order valence-electron chi connectivity index (χ1n) is 3.44. The average Bonchev–Trinajstić information content (AvgIpc) is 2.33. The first-order valence-corrected chi connectivity index (χ1v) is 3.44. The summed E-state index contributed by atoms with van der Waals surface area (Å²) >= 11 is 0. The molecule has 0 aromatic heterocycles. The normalized spacial score (nSPS) is 24.0. The Morgan fingerprint density at radius 3 is 3.44 bits per heavy atom. The zero-order chi connectivity index (χ0) is 6.10. The van der Waals surface area contributed by atoms with Crippen LogP contribution in [0.4, 0.5) is 0 Å². The molecule has 1 aliphatic heterocycles. The minimum Gasteiger partial charge on any atom is -0.365 e. The lowest BCUT2D eigenvalue weighted by Crippen LogP contribution is -2.13. The fourth-order valence-corrected chi connectivity index (χ4v) is 1.33. The SMILES string of the molecule is C1=C2NCN=C2CCC1. The Balaban J connectivity index is 2.30. The molecule has 0 saturated carbocycles. The van der Waals surface area contributed by atoms with Gasteiger partial charge in [-0.3, -0.25) is 4.99 Å². The van der Waals surface area contributed by atoms with Gasteiger partial charge in [0.15, 0.2) is 0 Å². The van der Waals surface area contributed by atoms with Crippen molar-refractivity contribution in [2.45, 2.75) is 19.3 Å². The summed E-state index contributed by atoms with van der Waals surface area (Å²) in [5.41, 5.74) is 2.59. The molecule has 1 heterocycles. The molecular weight excluding hydrogens is 112 g/mol. The smallest absolute Gasteiger partial charge is 0.108 e. The summed E-state index contributed by atoms with van der Waals surface area (Å²) in [6.07, 6.45) is 5.93. The van der Waals surface area contributed by atoms with E-state index in [0.717, 1.165) is 6.67 Å². The lowest BCUT2D eigenvalue weighted by molar-refractivity contribution is 0.847. The second-order valence-electron chi connectivity index (χ2n) is 2.45. The van der Waals surface area contributed by atoms with Gasteiger partial charge in [0.25, 0.3) is 0 Å². The maximum absolute atomic E-state index is 4.29. The number of aliphatic imine (C=N–C) groups is 1. The van der Waals surface area contributed by atoms with Crippen molar-refractivity contribution in [2.24, 2.45) is 4.99 Å². The molecule has 0 saturated heterocycles. The maximum atomic E-state index is 4.29. The van der Waals surface area contributed by atoms with Crippen LogP contribution in [-0.4, -0.2) is 12.4 Å². The van der Waals surface area contributed by atoms with Gasteiger partial charge >= 0.3 is 0 Å². The fraction of sp³-hybridized carbons (Fsp3) is 0.571. The van der Waals surface area contributed by atoms with Crippen LogP contribution in [0, 0.1) is 0 Å². The number of fused-ring (bicyclic) bond motifs is 1. The standard InChI is InChI=1S/C7H10N2/c1-2-4-7-6(3-1)8-5-9-7/h3,8H,1-2,4-5H2. The molecule has 0 fully saturated rings. The Morgan fingerprint density at radius 1 is 1.56 bits per heavy atom. The minimum atomic E-state index is 0.807. The lowest BCUT2D eigenvalue weighted by Gasteiger charge is -2.08. The van der Waals surface area contributed by atoms with E-state index < -0.39 is 0 Å². The van der Waals surface area contributed by atoms with Crippen molar-refractivity contribution in [3.8, 4) is 0 Å².